The Balaban J connectivity index is 1.20. The number of ether oxygens (including phenoxy) is 2. The highest BCUT2D eigenvalue weighted by Gasteiger charge is 2.40. The third kappa shape index (κ3) is 3.67. The molecule has 2 aromatic rings. The van der Waals surface area contributed by atoms with Crippen molar-refractivity contribution in [1.29, 1.82) is 0 Å². The van der Waals surface area contributed by atoms with Crippen molar-refractivity contribution >= 4 is 17.7 Å². The van der Waals surface area contributed by atoms with Crippen LogP contribution in [0.5, 0.6) is 0 Å². The van der Waals surface area contributed by atoms with Crippen LogP contribution in [0.4, 0.5) is 11.8 Å². The molecule has 3 saturated heterocycles. The summed E-state index contributed by atoms with van der Waals surface area (Å²) in [6, 6.07) is 5.39. The van der Waals surface area contributed by atoms with Gasteiger partial charge in [-0.15, -0.1) is 0 Å². The van der Waals surface area contributed by atoms with Crippen LogP contribution in [0.1, 0.15) is 23.4 Å². The Bertz CT molecular complexity index is 834. The molecule has 5 rings (SSSR count). The molecular formula is C20H25N5O4. The highest BCUT2D eigenvalue weighted by molar-refractivity contribution is 5.91. The third-order valence-corrected chi connectivity index (χ3v) is 5.87. The van der Waals surface area contributed by atoms with Crippen molar-refractivity contribution in [3.05, 3.63) is 36.4 Å². The summed E-state index contributed by atoms with van der Waals surface area (Å²) < 4.78 is 16.8. The largest absolute Gasteiger partial charge is 0.459 e. The van der Waals surface area contributed by atoms with E-state index in [2.05, 4.69) is 14.8 Å². The predicted octanol–water partition coefficient (Wildman–Crippen LogP) is 1.38. The van der Waals surface area contributed by atoms with Crippen LogP contribution in [0.2, 0.25) is 0 Å². The summed E-state index contributed by atoms with van der Waals surface area (Å²) in [6.45, 7) is 5.70. The van der Waals surface area contributed by atoms with Crippen LogP contribution in [0.25, 0.3) is 0 Å². The molecule has 154 valence electrons. The monoisotopic (exact) mass is 399 g/mol. The molecule has 0 unspecified atom stereocenters. The predicted molar refractivity (Wildman–Crippen MR) is 105 cm³/mol. The summed E-state index contributed by atoms with van der Waals surface area (Å²) in [4.78, 5) is 27.9. The first-order valence-corrected chi connectivity index (χ1v) is 10.2. The number of hydrogen-bond acceptors (Lipinski definition) is 8. The molecule has 0 saturated carbocycles. The zero-order valence-electron chi connectivity index (χ0n) is 16.3. The Kier molecular flexibility index (Phi) is 4.84. The number of rotatable bonds is 3. The summed E-state index contributed by atoms with van der Waals surface area (Å²) in [6.07, 6.45) is 5.03. The Morgan fingerprint density at radius 2 is 1.72 bits per heavy atom. The first kappa shape index (κ1) is 18.4. The third-order valence-electron chi connectivity index (χ3n) is 5.87. The van der Waals surface area contributed by atoms with E-state index in [0.717, 1.165) is 31.7 Å². The lowest BCUT2D eigenvalue weighted by molar-refractivity contribution is -0.169. The number of nitrogens with zero attached hydrogens (tertiary/aromatic N) is 5. The van der Waals surface area contributed by atoms with E-state index < -0.39 is 0 Å². The van der Waals surface area contributed by atoms with Crippen molar-refractivity contribution in [2.24, 2.45) is 0 Å². The van der Waals surface area contributed by atoms with E-state index in [1.54, 1.807) is 12.1 Å². The normalized spacial score (nSPS) is 21.7. The summed E-state index contributed by atoms with van der Waals surface area (Å²) in [7, 11) is 0. The van der Waals surface area contributed by atoms with Gasteiger partial charge in [-0.05, 0) is 18.2 Å². The Morgan fingerprint density at radius 3 is 2.41 bits per heavy atom. The molecule has 3 fully saturated rings. The zero-order chi connectivity index (χ0) is 19.7. The number of piperidine rings is 1. The van der Waals surface area contributed by atoms with Gasteiger partial charge in [0.25, 0.3) is 5.91 Å². The van der Waals surface area contributed by atoms with Crippen LogP contribution in [0, 0.1) is 0 Å². The average molecular weight is 399 g/mol. The van der Waals surface area contributed by atoms with Crippen LogP contribution in [0.3, 0.4) is 0 Å². The fourth-order valence-electron chi connectivity index (χ4n) is 4.20. The van der Waals surface area contributed by atoms with E-state index in [1.165, 1.54) is 6.26 Å². The number of piperazine rings is 1. The number of aromatic nitrogens is 2. The maximum atomic E-state index is 12.4. The number of amides is 1. The van der Waals surface area contributed by atoms with Gasteiger partial charge in [-0.1, -0.05) is 0 Å². The molecule has 29 heavy (non-hydrogen) atoms. The highest BCUT2D eigenvalue weighted by Crippen LogP contribution is 2.32. The second-order valence-electron chi connectivity index (χ2n) is 7.57. The second kappa shape index (κ2) is 7.64. The van der Waals surface area contributed by atoms with Gasteiger partial charge in [-0.25, -0.2) is 4.98 Å². The molecule has 2 aromatic heterocycles. The minimum atomic E-state index is -0.386. The number of carbonyl (C=O) groups excluding carboxylic acids is 1. The van der Waals surface area contributed by atoms with Gasteiger partial charge in [0.2, 0.25) is 5.95 Å². The molecule has 0 radical (unpaired) electrons. The molecule has 1 spiro atoms. The zero-order valence-corrected chi connectivity index (χ0v) is 16.3. The molecule has 1 amide bonds. The standard InChI is InChI=1S/C20H25N5O4/c26-18(16-2-1-13-27-16)24-9-11-25(12-10-24)19-21-6-3-17(22-19)23-7-4-20(5-8-23)28-14-15-29-20/h1-3,6,13H,4-5,7-12,14-15H2. The van der Waals surface area contributed by atoms with Crippen LogP contribution in [-0.2, 0) is 9.47 Å². The van der Waals surface area contributed by atoms with E-state index in [4.69, 9.17) is 18.9 Å². The number of carbonyl (C=O) groups is 1. The van der Waals surface area contributed by atoms with Gasteiger partial charge in [0.15, 0.2) is 11.5 Å². The van der Waals surface area contributed by atoms with Crippen LogP contribution in [-0.4, -0.2) is 79.0 Å². The van der Waals surface area contributed by atoms with Crippen molar-refractivity contribution in [3.8, 4) is 0 Å². The Labute approximate surface area is 169 Å². The molecule has 0 aromatic carbocycles. The quantitative estimate of drug-likeness (QED) is 0.765. The maximum absolute atomic E-state index is 12.4. The molecule has 3 aliphatic rings. The van der Waals surface area contributed by atoms with Gasteiger partial charge >= 0.3 is 0 Å². The van der Waals surface area contributed by atoms with Gasteiger partial charge in [-0.2, -0.15) is 4.98 Å². The SMILES string of the molecule is O=C(c1ccco1)N1CCN(c2nccc(N3CCC4(CC3)OCCO4)n2)CC1. The lowest BCUT2D eigenvalue weighted by Crippen LogP contribution is -2.49. The van der Waals surface area contributed by atoms with Crippen LogP contribution >= 0.6 is 0 Å². The molecule has 9 heteroatoms. The van der Waals surface area contributed by atoms with Gasteiger partial charge in [0.05, 0.1) is 19.5 Å². The number of hydrogen-bond donors (Lipinski definition) is 0. The van der Waals surface area contributed by atoms with Crippen molar-refractivity contribution in [2.75, 3.05) is 62.3 Å². The molecule has 3 aliphatic heterocycles. The van der Waals surface area contributed by atoms with Crippen LogP contribution in [0.15, 0.2) is 35.1 Å². The molecule has 0 aliphatic carbocycles. The first-order valence-electron chi connectivity index (χ1n) is 10.2. The molecule has 5 heterocycles. The van der Waals surface area contributed by atoms with Gasteiger partial charge < -0.3 is 28.6 Å². The fourth-order valence-corrected chi connectivity index (χ4v) is 4.20. The number of anilines is 2. The van der Waals surface area contributed by atoms with E-state index >= 15 is 0 Å². The number of furan rings is 1. The Morgan fingerprint density at radius 1 is 0.966 bits per heavy atom. The smallest absolute Gasteiger partial charge is 0.289 e. The van der Waals surface area contributed by atoms with E-state index in [-0.39, 0.29) is 11.7 Å². The lowest BCUT2D eigenvalue weighted by Gasteiger charge is -2.38. The van der Waals surface area contributed by atoms with Crippen molar-refractivity contribution in [3.63, 3.8) is 0 Å². The summed E-state index contributed by atoms with van der Waals surface area (Å²) in [5.74, 6) is 1.57. The lowest BCUT2D eigenvalue weighted by atomic mass is 10.0. The fraction of sp³-hybridized carbons (Fsp3) is 0.550. The van der Waals surface area contributed by atoms with Crippen LogP contribution < -0.4 is 9.80 Å². The van der Waals surface area contributed by atoms with E-state index in [1.807, 2.05) is 17.2 Å². The first-order chi connectivity index (χ1) is 14.2. The molecule has 0 bridgehead atoms. The highest BCUT2D eigenvalue weighted by atomic mass is 16.7. The second-order valence-corrected chi connectivity index (χ2v) is 7.57. The van der Waals surface area contributed by atoms with Crippen molar-refractivity contribution in [1.82, 2.24) is 14.9 Å². The Hall–Kier alpha value is -2.65. The topological polar surface area (TPSA) is 84.2 Å². The van der Waals surface area contributed by atoms with E-state index in [0.29, 0.717) is 51.1 Å². The summed E-state index contributed by atoms with van der Waals surface area (Å²) in [5, 5.41) is 0. The minimum absolute atomic E-state index is 0.0667. The van der Waals surface area contributed by atoms with Gasteiger partial charge in [-0.3, -0.25) is 4.79 Å². The van der Waals surface area contributed by atoms with Gasteiger partial charge in [0.1, 0.15) is 5.82 Å². The molecule has 0 atom stereocenters. The van der Waals surface area contributed by atoms with Crippen molar-refractivity contribution in [2.45, 2.75) is 18.6 Å². The minimum Gasteiger partial charge on any atom is -0.459 e. The molecular weight excluding hydrogens is 374 g/mol. The van der Waals surface area contributed by atoms with E-state index in [9.17, 15) is 4.79 Å². The van der Waals surface area contributed by atoms with Gasteiger partial charge in [0, 0.05) is 58.3 Å². The molecule has 0 N–H and O–H groups in total. The molecule has 9 nitrogen and oxygen atoms in total. The van der Waals surface area contributed by atoms with Crippen molar-refractivity contribution < 1.29 is 18.7 Å². The summed E-state index contributed by atoms with van der Waals surface area (Å²) >= 11 is 0. The maximum Gasteiger partial charge on any atom is 0.289 e. The summed E-state index contributed by atoms with van der Waals surface area (Å²) in [5.41, 5.74) is 0. The average Bonchev–Trinajstić information content (AvgIpc) is 3.47.